The molecule has 0 fully saturated rings. The van der Waals surface area contributed by atoms with Crippen LogP contribution in [0.2, 0.25) is 0 Å². The van der Waals surface area contributed by atoms with Gasteiger partial charge in [-0.3, -0.25) is 4.79 Å². The van der Waals surface area contributed by atoms with Crippen LogP contribution >= 0.6 is 11.8 Å². The van der Waals surface area contributed by atoms with Gasteiger partial charge in [-0.15, -0.1) is 0 Å². The van der Waals surface area contributed by atoms with Crippen molar-refractivity contribution in [3.63, 3.8) is 0 Å². The minimum atomic E-state index is -0.210. The van der Waals surface area contributed by atoms with Crippen molar-refractivity contribution in [3.8, 4) is 11.5 Å². The smallest absolute Gasteiger partial charge is 0.233 e. The molecule has 1 aromatic carbocycles. The highest BCUT2D eigenvalue weighted by Crippen LogP contribution is 2.31. The first-order valence-electron chi connectivity index (χ1n) is 8.24. The van der Waals surface area contributed by atoms with Crippen LogP contribution in [-0.2, 0) is 4.79 Å². The molecule has 1 aliphatic rings. The lowest BCUT2D eigenvalue weighted by Gasteiger charge is -2.30. The van der Waals surface area contributed by atoms with Crippen molar-refractivity contribution in [2.75, 3.05) is 36.9 Å². The highest BCUT2D eigenvalue weighted by molar-refractivity contribution is 7.99. The molecule has 0 unspecified atom stereocenters. The van der Waals surface area contributed by atoms with Gasteiger partial charge < -0.3 is 25.8 Å². The van der Waals surface area contributed by atoms with E-state index >= 15 is 0 Å². The lowest BCUT2D eigenvalue weighted by atomic mass is 10.2. The van der Waals surface area contributed by atoms with Gasteiger partial charge in [0.15, 0.2) is 22.8 Å². The number of carbonyl (C=O) groups is 1. The van der Waals surface area contributed by atoms with Crippen LogP contribution in [0, 0.1) is 0 Å². The zero-order valence-corrected chi connectivity index (χ0v) is 15.2. The van der Waals surface area contributed by atoms with E-state index in [1.165, 1.54) is 17.8 Å². The molecule has 0 radical (unpaired) electrons. The largest absolute Gasteiger partial charge is 0.486 e. The monoisotopic (exact) mass is 375 g/mol. The summed E-state index contributed by atoms with van der Waals surface area (Å²) in [6, 6.07) is 8.98. The van der Waals surface area contributed by atoms with E-state index < -0.39 is 0 Å². The Morgan fingerprint density at radius 1 is 1.27 bits per heavy atom. The molecule has 0 aliphatic carbocycles. The first-order valence-corrected chi connectivity index (χ1v) is 9.22. The number of aromatic nitrogens is 2. The maximum absolute atomic E-state index is 12.5. The Bertz CT molecular complexity index is 768. The number of benzene rings is 1. The number of thioether (sulfide) groups is 1. The third-order valence-corrected chi connectivity index (χ3v) is 4.63. The zero-order valence-electron chi connectivity index (χ0n) is 14.4. The number of likely N-dealkylation sites (N-methyl/N-ethyl adjacent to an activating group) is 1. The maximum atomic E-state index is 12.5. The molecule has 2 aromatic rings. The van der Waals surface area contributed by atoms with Crippen molar-refractivity contribution >= 4 is 29.3 Å². The molecule has 26 heavy (non-hydrogen) atoms. The number of ether oxygens (including phenoxy) is 2. The van der Waals surface area contributed by atoms with Crippen LogP contribution < -0.4 is 20.9 Å². The minimum absolute atomic E-state index is 0.0374. The Kier molecular flexibility index (Phi) is 5.67. The Balaban J connectivity index is 1.56. The highest BCUT2D eigenvalue weighted by Gasteiger charge is 2.24. The van der Waals surface area contributed by atoms with E-state index in [0.29, 0.717) is 30.6 Å². The van der Waals surface area contributed by atoms with Crippen LogP contribution in [0.5, 0.6) is 11.5 Å². The summed E-state index contributed by atoms with van der Waals surface area (Å²) >= 11 is 1.21. The summed E-state index contributed by atoms with van der Waals surface area (Å²) in [5, 5.41) is 0.387. The predicted octanol–water partition coefficient (Wildman–Crippen LogP) is 1.42. The Labute approximate surface area is 155 Å². The van der Waals surface area contributed by atoms with E-state index in [-0.39, 0.29) is 29.4 Å². The number of nitrogens with zero attached hydrogens (tertiary/aromatic N) is 3. The van der Waals surface area contributed by atoms with Crippen LogP contribution in [0.4, 0.5) is 11.6 Å². The van der Waals surface area contributed by atoms with Gasteiger partial charge in [-0.1, -0.05) is 23.9 Å². The van der Waals surface area contributed by atoms with Crippen molar-refractivity contribution in [3.05, 3.63) is 30.3 Å². The number of amides is 1. The number of anilines is 2. The fourth-order valence-corrected chi connectivity index (χ4v) is 3.33. The van der Waals surface area contributed by atoms with Crippen molar-refractivity contribution in [2.24, 2.45) is 0 Å². The van der Waals surface area contributed by atoms with Crippen LogP contribution in [-0.4, -0.2) is 52.3 Å². The van der Waals surface area contributed by atoms with Crippen molar-refractivity contribution in [2.45, 2.75) is 18.2 Å². The van der Waals surface area contributed by atoms with Crippen LogP contribution in [0.1, 0.15) is 6.92 Å². The van der Waals surface area contributed by atoms with Gasteiger partial charge in [-0.2, -0.15) is 0 Å². The maximum Gasteiger partial charge on any atom is 0.233 e. The van der Waals surface area contributed by atoms with E-state index in [4.69, 9.17) is 20.9 Å². The number of hydrogen-bond donors (Lipinski definition) is 2. The van der Waals surface area contributed by atoms with E-state index in [1.807, 2.05) is 31.2 Å². The molecular formula is C17H21N5O3S. The fourth-order valence-electron chi connectivity index (χ4n) is 2.55. The Hall–Kier alpha value is -2.68. The van der Waals surface area contributed by atoms with Gasteiger partial charge in [0.1, 0.15) is 18.2 Å². The van der Waals surface area contributed by atoms with E-state index in [9.17, 15) is 4.79 Å². The third kappa shape index (κ3) is 4.48. The minimum Gasteiger partial charge on any atom is -0.486 e. The standard InChI is InChI=1S/C17H21N5O3S/c1-2-22(8-11-9-24-12-5-3-4-6-13(12)25-11)16(23)10-26-17-20-14(18)7-15(19)21-17/h3-7,11H,2,8-10H2,1H3,(H4,18,19,20,21)/t11-/m0/s1. The van der Waals surface area contributed by atoms with Crippen molar-refractivity contribution in [1.82, 2.24) is 14.9 Å². The van der Waals surface area contributed by atoms with Gasteiger partial charge in [0.05, 0.1) is 12.3 Å². The fraction of sp³-hybridized carbons (Fsp3) is 0.353. The van der Waals surface area contributed by atoms with Crippen molar-refractivity contribution < 1.29 is 14.3 Å². The lowest BCUT2D eigenvalue weighted by Crippen LogP contribution is -2.44. The molecule has 0 bridgehead atoms. The van der Waals surface area contributed by atoms with Gasteiger partial charge in [0.2, 0.25) is 5.91 Å². The van der Waals surface area contributed by atoms with Gasteiger partial charge >= 0.3 is 0 Å². The topological polar surface area (TPSA) is 117 Å². The molecule has 9 heteroatoms. The lowest BCUT2D eigenvalue weighted by molar-refractivity contribution is -0.129. The van der Waals surface area contributed by atoms with Crippen LogP contribution in [0.3, 0.4) is 0 Å². The number of fused-ring (bicyclic) bond motifs is 1. The first-order chi connectivity index (χ1) is 12.5. The summed E-state index contributed by atoms with van der Waals surface area (Å²) < 4.78 is 11.6. The molecule has 1 aliphatic heterocycles. The zero-order chi connectivity index (χ0) is 18.5. The summed E-state index contributed by atoms with van der Waals surface area (Å²) in [5.41, 5.74) is 11.3. The highest BCUT2D eigenvalue weighted by atomic mass is 32.2. The molecule has 2 heterocycles. The quantitative estimate of drug-likeness (QED) is 0.575. The second-order valence-electron chi connectivity index (χ2n) is 5.72. The summed E-state index contributed by atoms with van der Waals surface area (Å²) in [5.74, 6) is 2.15. The molecule has 3 rings (SSSR count). The average molecular weight is 375 g/mol. The predicted molar refractivity (Wildman–Crippen MR) is 100 cm³/mol. The molecule has 0 spiro atoms. The van der Waals surface area contributed by atoms with Crippen LogP contribution in [0.15, 0.2) is 35.5 Å². The third-order valence-electron chi connectivity index (χ3n) is 3.80. The molecule has 138 valence electrons. The molecule has 8 nitrogen and oxygen atoms in total. The summed E-state index contributed by atoms with van der Waals surface area (Å²) in [4.78, 5) is 22.4. The Morgan fingerprint density at radius 2 is 1.96 bits per heavy atom. The van der Waals surface area contributed by atoms with E-state index in [0.717, 1.165) is 5.75 Å². The number of nitrogen functional groups attached to an aromatic ring is 2. The summed E-state index contributed by atoms with van der Waals surface area (Å²) in [7, 11) is 0. The van der Waals surface area contributed by atoms with E-state index in [2.05, 4.69) is 9.97 Å². The normalized spacial score (nSPS) is 15.5. The van der Waals surface area contributed by atoms with Gasteiger partial charge in [-0.05, 0) is 19.1 Å². The molecule has 4 N–H and O–H groups in total. The second-order valence-corrected chi connectivity index (χ2v) is 6.66. The first kappa shape index (κ1) is 18.1. The number of nitrogens with two attached hydrogens (primary N) is 2. The molecular weight excluding hydrogens is 354 g/mol. The van der Waals surface area contributed by atoms with Gasteiger partial charge in [-0.25, -0.2) is 9.97 Å². The van der Waals surface area contributed by atoms with Gasteiger partial charge in [0, 0.05) is 12.6 Å². The number of hydrogen-bond acceptors (Lipinski definition) is 8. The molecule has 0 saturated carbocycles. The second kappa shape index (κ2) is 8.13. The van der Waals surface area contributed by atoms with Crippen molar-refractivity contribution in [1.29, 1.82) is 0 Å². The summed E-state index contributed by atoms with van der Waals surface area (Å²) in [6.45, 7) is 3.35. The van der Waals surface area contributed by atoms with Crippen LogP contribution in [0.25, 0.3) is 0 Å². The molecule has 1 atom stereocenters. The average Bonchev–Trinajstić information content (AvgIpc) is 2.63. The van der Waals surface area contributed by atoms with Gasteiger partial charge in [0.25, 0.3) is 0 Å². The number of carbonyl (C=O) groups excluding carboxylic acids is 1. The summed E-state index contributed by atoms with van der Waals surface area (Å²) in [6.07, 6.45) is -0.210. The Morgan fingerprint density at radius 3 is 2.65 bits per heavy atom. The molecule has 1 amide bonds. The molecule has 0 saturated heterocycles. The molecule has 1 aromatic heterocycles. The van der Waals surface area contributed by atoms with E-state index in [1.54, 1.807) is 4.90 Å². The SMILES string of the molecule is CCN(C[C@H]1COc2ccccc2O1)C(=O)CSc1nc(N)cc(N)n1. The number of rotatable bonds is 6. The number of para-hydroxylation sites is 2.